The number of pyridine rings is 1. The molecule has 2 heteroatoms. The topological polar surface area (TPSA) is 12.9 Å². The van der Waals surface area contributed by atoms with E-state index in [1.165, 1.54) is 66.8 Å². The third kappa shape index (κ3) is 5.84. The van der Waals surface area contributed by atoms with Crippen LogP contribution >= 0.6 is 0 Å². The summed E-state index contributed by atoms with van der Waals surface area (Å²) in [6.45, 7) is 7.01. The Hall–Kier alpha value is -0.831. The Morgan fingerprint density at radius 2 is 1.24 bits per heavy atom. The molecular weight excluding hydrogens is 409 g/mol. The van der Waals surface area contributed by atoms with Gasteiger partial charge >= 0.3 is 159 Å². The third-order valence-electron chi connectivity index (χ3n) is 5.39. The number of hydrogen-bond acceptors (Lipinski definition) is 1. The van der Waals surface area contributed by atoms with Crippen LogP contribution < -0.4 is 3.71 Å². The fourth-order valence-electron chi connectivity index (χ4n) is 3.80. The number of nitrogens with zero attached hydrogens (tertiary/aromatic N) is 1. The summed E-state index contributed by atoms with van der Waals surface area (Å²) in [5.41, 5.74) is 2.43. The van der Waals surface area contributed by atoms with Crippen LogP contribution in [0.2, 0.25) is 13.3 Å². The molecule has 0 bridgehead atoms. The second-order valence-electron chi connectivity index (χ2n) is 7.37. The normalized spacial score (nSPS) is 11.6. The first-order valence-electron chi connectivity index (χ1n) is 10.3. The maximum absolute atomic E-state index is 5.27. The van der Waals surface area contributed by atoms with E-state index < -0.39 is 18.4 Å². The van der Waals surface area contributed by atoms with Crippen molar-refractivity contribution in [3.63, 3.8) is 0 Å². The molecule has 0 amide bonds. The minimum atomic E-state index is -2.41. The van der Waals surface area contributed by atoms with E-state index in [0.29, 0.717) is 0 Å². The SMILES string of the molecule is CCC[CH2][Sn]([CH2]CCC)([CH2]CCC)[c]1cccc(-c2ccccc2)n1. The molecule has 0 aliphatic heterocycles. The van der Waals surface area contributed by atoms with Crippen molar-refractivity contribution in [1.29, 1.82) is 0 Å². The van der Waals surface area contributed by atoms with Crippen LogP contribution in [0.25, 0.3) is 11.3 Å². The Morgan fingerprint density at radius 1 is 0.680 bits per heavy atom. The van der Waals surface area contributed by atoms with Gasteiger partial charge in [0.2, 0.25) is 0 Å². The molecule has 0 N–H and O–H groups in total. The van der Waals surface area contributed by atoms with Crippen LogP contribution in [0.3, 0.4) is 0 Å². The van der Waals surface area contributed by atoms with Crippen molar-refractivity contribution in [2.24, 2.45) is 0 Å². The van der Waals surface area contributed by atoms with Gasteiger partial charge in [-0.1, -0.05) is 0 Å². The van der Waals surface area contributed by atoms with Gasteiger partial charge in [-0.2, -0.15) is 0 Å². The number of rotatable bonds is 11. The summed E-state index contributed by atoms with van der Waals surface area (Å²) in [6.07, 6.45) is 8.11. The zero-order chi connectivity index (χ0) is 18.0. The molecule has 0 atom stereocenters. The first-order valence-corrected chi connectivity index (χ1v) is 17.8. The predicted molar refractivity (Wildman–Crippen MR) is 114 cm³/mol. The van der Waals surface area contributed by atoms with E-state index in [1.807, 2.05) is 0 Å². The number of aromatic nitrogens is 1. The quantitative estimate of drug-likeness (QED) is 0.347. The van der Waals surface area contributed by atoms with Gasteiger partial charge < -0.3 is 0 Å². The van der Waals surface area contributed by atoms with Crippen LogP contribution in [-0.4, -0.2) is 23.4 Å². The van der Waals surface area contributed by atoms with Gasteiger partial charge in [-0.3, -0.25) is 0 Å². The molecule has 25 heavy (non-hydrogen) atoms. The van der Waals surface area contributed by atoms with Crippen LogP contribution in [0.1, 0.15) is 59.3 Å². The van der Waals surface area contributed by atoms with E-state index in [9.17, 15) is 0 Å². The van der Waals surface area contributed by atoms with E-state index in [-0.39, 0.29) is 0 Å². The van der Waals surface area contributed by atoms with Gasteiger partial charge in [0.05, 0.1) is 0 Å². The maximum atomic E-state index is 5.27. The predicted octanol–water partition coefficient (Wildman–Crippen LogP) is 6.80. The average molecular weight is 444 g/mol. The van der Waals surface area contributed by atoms with E-state index in [1.54, 1.807) is 0 Å². The molecule has 0 unspecified atom stereocenters. The van der Waals surface area contributed by atoms with Crippen LogP contribution in [0.15, 0.2) is 48.5 Å². The van der Waals surface area contributed by atoms with Gasteiger partial charge in [0, 0.05) is 0 Å². The summed E-state index contributed by atoms with van der Waals surface area (Å²) in [4.78, 5) is 5.27. The standard InChI is InChI=1S/C11H8N.3C4H9.Sn/c1-2-6-10(7-3-1)11-8-4-5-9-12-11;3*1-3-4-2;/h1-8H;3*1,3-4H2,2H3;. The second-order valence-corrected chi connectivity index (χ2v) is 20.4. The molecule has 1 heterocycles. The zero-order valence-electron chi connectivity index (χ0n) is 16.4. The molecular formula is C23H35NSn. The average Bonchev–Trinajstić information content (AvgIpc) is 2.68. The molecule has 0 radical (unpaired) electrons. The summed E-state index contributed by atoms with van der Waals surface area (Å²) < 4.78 is 5.98. The van der Waals surface area contributed by atoms with E-state index in [0.717, 1.165) is 0 Å². The Bertz CT molecular complexity index is 587. The monoisotopic (exact) mass is 445 g/mol. The number of hydrogen-bond donors (Lipinski definition) is 0. The molecule has 136 valence electrons. The fraction of sp³-hybridized carbons (Fsp3) is 0.522. The van der Waals surface area contributed by atoms with Gasteiger partial charge in [-0.05, 0) is 0 Å². The first kappa shape index (κ1) is 20.5. The number of unbranched alkanes of at least 4 members (excludes halogenated alkanes) is 3. The molecule has 0 spiro atoms. The minimum absolute atomic E-state index is 1.17. The van der Waals surface area contributed by atoms with Crippen LogP contribution in [-0.2, 0) is 0 Å². The molecule has 1 nitrogen and oxygen atoms in total. The van der Waals surface area contributed by atoms with Crippen molar-refractivity contribution < 1.29 is 0 Å². The van der Waals surface area contributed by atoms with Crippen molar-refractivity contribution >= 4 is 22.1 Å². The van der Waals surface area contributed by atoms with Crippen molar-refractivity contribution in [3.8, 4) is 11.3 Å². The van der Waals surface area contributed by atoms with Crippen molar-refractivity contribution in [2.45, 2.75) is 72.6 Å². The summed E-state index contributed by atoms with van der Waals surface area (Å²) >= 11 is -2.41. The Balaban J connectivity index is 2.40. The summed E-state index contributed by atoms with van der Waals surface area (Å²) in [5.74, 6) is 0. The van der Waals surface area contributed by atoms with Crippen molar-refractivity contribution in [1.82, 2.24) is 4.98 Å². The molecule has 0 saturated carbocycles. The fourth-order valence-corrected chi connectivity index (χ4v) is 19.3. The van der Waals surface area contributed by atoms with E-state index >= 15 is 0 Å². The third-order valence-corrected chi connectivity index (χ3v) is 20.5. The summed E-state index contributed by atoms with van der Waals surface area (Å²) in [5, 5.41) is 0. The summed E-state index contributed by atoms with van der Waals surface area (Å²) in [6, 6.07) is 17.5. The van der Waals surface area contributed by atoms with E-state index in [2.05, 4.69) is 69.3 Å². The molecule has 0 fully saturated rings. The van der Waals surface area contributed by atoms with Crippen LogP contribution in [0, 0.1) is 0 Å². The van der Waals surface area contributed by atoms with Crippen molar-refractivity contribution in [3.05, 3.63) is 48.5 Å². The Kier molecular flexibility index (Phi) is 9.01. The van der Waals surface area contributed by atoms with Crippen LogP contribution in [0.5, 0.6) is 0 Å². The first-order chi connectivity index (χ1) is 12.3. The van der Waals surface area contributed by atoms with Gasteiger partial charge in [0.1, 0.15) is 0 Å². The van der Waals surface area contributed by atoms with Gasteiger partial charge in [0.25, 0.3) is 0 Å². The van der Waals surface area contributed by atoms with Crippen molar-refractivity contribution in [2.75, 3.05) is 0 Å². The van der Waals surface area contributed by atoms with Crippen LogP contribution in [0.4, 0.5) is 0 Å². The molecule has 2 aromatic rings. The van der Waals surface area contributed by atoms with Gasteiger partial charge in [-0.15, -0.1) is 0 Å². The Labute approximate surface area is 159 Å². The molecule has 1 aromatic heterocycles. The summed E-state index contributed by atoms with van der Waals surface area (Å²) in [7, 11) is 0. The zero-order valence-corrected chi connectivity index (χ0v) is 19.3. The molecule has 0 aliphatic rings. The van der Waals surface area contributed by atoms with Gasteiger partial charge in [0.15, 0.2) is 0 Å². The van der Waals surface area contributed by atoms with E-state index in [4.69, 9.17) is 4.98 Å². The number of benzene rings is 1. The molecule has 2 rings (SSSR count). The molecule has 1 aromatic carbocycles. The Morgan fingerprint density at radius 3 is 1.76 bits per heavy atom. The van der Waals surface area contributed by atoms with Gasteiger partial charge in [-0.25, -0.2) is 0 Å². The molecule has 0 aliphatic carbocycles. The second kappa shape index (κ2) is 11.0. The molecule has 0 saturated heterocycles.